The molecule has 1 heterocycles. The Hall–Kier alpha value is -1.28. The van der Waals surface area contributed by atoms with Crippen LogP contribution in [0.5, 0.6) is 0 Å². The zero-order valence-corrected chi connectivity index (χ0v) is 17.6. The van der Waals surface area contributed by atoms with Gasteiger partial charge in [0.05, 0.1) is 24.7 Å². The van der Waals surface area contributed by atoms with Crippen LogP contribution in [0.1, 0.15) is 5.56 Å². The van der Waals surface area contributed by atoms with Gasteiger partial charge in [0.2, 0.25) is 11.8 Å². The number of carbonyl (C=O) groups is 2. The zero-order valence-electron chi connectivity index (χ0n) is 16.0. The lowest BCUT2D eigenvalue weighted by atomic mass is 10.2. The van der Waals surface area contributed by atoms with Crippen LogP contribution in [0.4, 0.5) is 0 Å². The summed E-state index contributed by atoms with van der Waals surface area (Å²) < 4.78 is 5.26. The standard InChI is InChI=1S/C19H28ClN3O3S/c1-21(2)7-8-23(13-16-3-5-17(20)6-4-16)19(25)15-27-14-18(24)22-9-11-26-12-10-22/h3-6H,7-15H2,1-2H3. The van der Waals surface area contributed by atoms with Crippen LogP contribution in [0.15, 0.2) is 24.3 Å². The lowest BCUT2D eigenvalue weighted by molar-refractivity contribution is -0.132. The van der Waals surface area contributed by atoms with Gasteiger partial charge in [0.25, 0.3) is 0 Å². The molecule has 6 nitrogen and oxygen atoms in total. The van der Waals surface area contributed by atoms with Crippen molar-refractivity contribution < 1.29 is 14.3 Å². The van der Waals surface area contributed by atoms with E-state index in [1.807, 2.05) is 43.3 Å². The molecule has 1 aromatic rings. The number of rotatable bonds is 9. The van der Waals surface area contributed by atoms with Gasteiger partial charge in [-0.3, -0.25) is 9.59 Å². The van der Waals surface area contributed by atoms with Crippen LogP contribution in [0.3, 0.4) is 0 Å². The quantitative estimate of drug-likeness (QED) is 0.618. The summed E-state index contributed by atoms with van der Waals surface area (Å²) in [4.78, 5) is 30.6. The fraction of sp³-hybridized carbons (Fsp3) is 0.579. The third-order valence-corrected chi connectivity index (χ3v) is 5.43. The molecule has 0 N–H and O–H groups in total. The summed E-state index contributed by atoms with van der Waals surface area (Å²) in [7, 11) is 3.97. The Morgan fingerprint density at radius 2 is 1.78 bits per heavy atom. The van der Waals surface area contributed by atoms with Gasteiger partial charge in [-0.15, -0.1) is 11.8 Å². The third kappa shape index (κ3) is 8.09. The van der Waals surface area contributed by atoms with Crippen molar-refractivity contribution in [2.75, 3.05) is 65.0 Å². The van der Waals surface area contributed by atoms with Gasteiger partial charge in [-0.05, 0) is 31.8 Å². The largest absolute Gasteiger partial charge is 0.378 e. The average molecular weight is 414 g/mol. The Kier molecular flexibility index (Phi) is 9.41. The summed E-state index contributed by atoms with van der Waals surface area (Å²) in [5, 5.41) is 0.682. The zero-order chi connectivity index (χ0) is 19.6. The van der Waals surface area contributed by atoms with E-state index in [1.54, 1.807) is 4.90 Å². The van der Waals surface area contributed by atoms with E-state index in [2.05, 4.69) is 4.90 Å². The number of amides is 2. The van der Waals surface area contributed by atoms with E-state index in [0.717, 1.165) is 12.1 Å². The molecule has 0 bridgehead atoms. The van der Waals surface area contributed by atoms with Gasteiger partial charge in [0.15, 0.2) is 0 Å². The number of nitrogens with zero attached hydrogens (tertiary/aromatic N) is 3. The van der Waals surface area contributed by atoms with Gasteiger partial charge >= 0.3 is 0 Å². The van der Waals surface area contributed by atoms with E-state index < -0.39 is 0 Å². The van der Waals surface area contributed by atoms with E-state index in [0.29, 0.717) is 55.9 Å². The molecule has 27 heavy (non-hydrogen) atoms. The monoisotopic (exact) mass is 413 g/mol. The number of benzene rings is 1. The Balaban J connectivity index is 1.84. The van der Waals surface area contributed by atoms with Crippen molar-refractivity contribution in [3.8, 4) is 0 Å². The van der Waals surface area contributed by atoms with Crippen molar-refractivity contribution >= 4 is 35.2 Å². The topological polar surface area (TPSA) is 53.1 Å². The number of ether oxygens (including phenoxy) is 1. The second-order valence-electron chi connectivity index (χ2n) is 6.73. The highest BCUT2D eigenvalue weighted by Gasteiger charge is 2.19. The number of morpholine rings is 1. The first-order valence-corrected chi connectivity index (χ1v) is 10.6. The normalized spacial score (nSPS) is 14.4. The van der Waals surface area contributed by atoms with Crippen molar-refractivity contribution in [2.45, 2.75) is 6.54 Å². The van der Waals surface area contributed by atoms with E-state index in [1.165, 1.54) is 11.8 Å². The molecule has 0 aromatic heterocycles. The summed E-state index contributed by atoms with van der Waals surface area (Å²) in [6.45, 7) is 4.44. The molecule has 2 amide bonds. The first-order valence-electron chi connectivity index (χ1n) is 9.06. The molecule has 1 fully saturated rings. The maximum atomic E-state index is 12.7. The molecule has 150 valence electrons. The molecule has 0 atom stereocenters. The fourth-order valence-corrected chi connectivity index (χ4v) is 3.59. The molecule has 1 aliphatic heterocycles. The molecule has 0 saturated carbocycles. The van der Waals surface area contributed by atoms with Crippen LogP contribution >= 0.6 is 23.4 Å². The van der Waals surface area contributed by atoms with Crippen LogP contribution in [0, 0.1) is 0 Å². The molecule has 8 heteroatoms. The van der Waals surface area contributed by atoms with E-state index in [4.69, 9.17) is 16.3 Å². The van der Waals surface area contributed by atoms with E-state index in [-0.39, 0.29) is 11.8 Å². The fourth-order valence-electron chi connectivity index (χ4n) is 2.64. The van der Waals surface area contributed by atoms with Crippen molar-refractivity contribution in [1.82, 2.24) is 14.7 Å². The Morgan fingerprint density at radius 3 is 2.41 bits per heavy atom. The highest BCUT2D eigenvalue weighted by Crippen LogP contribution is 2.13. The highest BCUT2D eigenvalue weighted by molar-refractivity contribution is 8.00. The second kappa shape index (κ2) is 11.5. The Morgan fingerprint density at radius 1 is 1.11 bits per heavy atom. The molecular weight excluding hydrogens is 386 g/mol. The Bertz CT molecular complexity index is 607. The first kappa shape index (κ1) is 22.0. The minimum atomic E-state index is 0.0478. The predicted octanol–water partition coefficient (Wildman–Crippen LogP) is 1.82. The molecular formula is C19H28ClN3O3S. The minimum absolute atomic E-state index is 0.0478. The van der Waals surface area contributed by atoms with Crippen LogP contribution in [-0.4, -0.2) is 91.5 Å². The number of halogens is 1. The maximum Gasteiger partial charge on any atom is 0.232 e. The van der Waals surface area contributed by atoms with Gasteiger partial charge in [-0.1, -0.05) is 23.7 Å². The number of hydrogen-bond donors (Lipinski definition) is 0. The lowest BCUT2D eigenvalue weighted by Gasteiger charge is -2.27. The van der Waals surface area contributed by atoms with Crippen LogP contribution in [0.25, 0.3) is 0 Å². The first-order chi connectivity index (χ1) is 13.0. The third-order valence-electron chi connectivity index (χ3n) is 4.27. The smallest absolute Gasteiger partial charge is 0.232 e. The average Bonchev–Trinajstić information content (AvgIpc) is 2.67. The van der Waals surface area contributed by atoms with Crippen molar-refractivity contribution in [2.24, 2.45) is 0 Å². The summed E-state index contributed by atoms with van der Waals surface area (Å²) in [5.74, 6) is 0.755. The molecule has 1 saturated heterocycles. The summed E-state index contributed by atoms with van der Waals surface area (Å²) in [6.07, 6.45) is 0. The van der Waals surface area contributed by atoms with Crippen LogP contribution in [-0.2, 0) is 20.9 Å². The van der Waals surface area contributed by atoms with E-state index >= 15 is 0 Å². The highest BCUT2D eigenvalue weighted by atomic mass is 35.5. The summed E-state index contributed by atoms with van der Waals surface area (Å²) in [6, 6.07) is 7.54. The van der Waals surface area contributed by atoms with Gasteiger partial charge < -0.3 is 19.4 Å². The van der Waals surface area contributed by atoms with Crippen molar-refractivity contribution in [3.63, 3.8) is 0 Å². The molecule has 1 aliphatic rings. The molecule has 0 unspecified atom stereocenters. The molecule has 0 radical (unpaired) electrons. The van der Waals surface area contributed by atoms with Crippen LogP contribution in [0.2, 0.25) is 5.02 Å². The number of hydrogen-bond acceptors (Lipinski definition) is 5. The van der Waals surface area contributed by atoms with Gasteiger partial charge in [-0.25, -0.2) is 0 Å². The van der Waals surface area contributed by atoms with Gasteiger partial charge in [0, 0.05) is 37.7 Å². The van der Waals surface area contributed by atoms with Crippen molar-refractivity contribution in [1.29, 1.82) is 0 Å². The van der Waals surface area contributed by atoms with E-state index in [9.17, 15) is 9.59 Å². The number of likely N-dealkylation sites (N-methyl/N-ethyl adjacent to an activating group) is 1. The summed E-state index contributed by atoms with van der Waals surface area (Å²) in [5.41, 5.74) is 1.04. The van der Waals surface area contributed by atoms with Gasteiger partial charge in [0.1, 0.15) is 0 Å². The SMILES string of the molecule is CN(C)CCN(Cc1ccc(Cl)cc1)C(=O)CSCC(=O)N1CCOCC1. The van der Waals surface area contributed by atoms with Crippen molar-refractivity contribution in [3.05, 3.63) is 34.9 Å². The maximum absolute atomic E-state index is 12.7. The van der Waals surface area contributed by atoms with Crippen LogP contribution < -0.4 is 0 Å². The molecule has 1 aromatic carbocycles. The molecule has 0 aliphatic carbocycles. The predicted molar refractivity (Wildman–Crippen MR) is 110 cm³/mol. The van der Waals surface area contributed by atoms with Gasteiger partial charge in [-0.2, -0.15) is 0 Å². The summed E-state index contributed by atoms with van der Waals surface area (Å²) >= 11 is 7.32. The second-order valence-corrected chi connectivity index (χ2v) is 8.15. The minimum Gasteiger partial charge on any atom is -0.378 e. The lowest BCUT2D eigenvalue weighted by Crippen LogP contribution is -2.42. The number of carbonyl (C=O) groups excluding carboxylic acids is 2. The Labute approximate surface area is 170 Å². The molecule has 0 spiro atoms. The number of thioether (sulfide) groups is 1. The molecule has 2 rings (SSSR count).